The Morgan fingerprint density at radius 1 is 1.26 bits per heavy atom. The Hall–Kier alpha value is -1.22. The number of hydrogen-bond acceptors (Lipinski definition) is 2. The van der Waals surface area contributed by atoms with Crippen LogP contribution in [0.2, 0.25) is 0 Å². The second-order valence-electron chi connectivity index (χ2n) is 6.10. The molecule has 0 aliphatic heterocycles. The molecule has 0 bridgehead atoms. The fourth-order valence-corrected chi connectivity index (χ4v) is 2.45. The van der Waals surface area contributed by atoms with Crippen molar-refractivity contribution in [1.29, 1.82) is 0 Å². The van der Waals surface area contributed by atoms with Crippen LogP contribution in [-0.2, 0) is 4.74 Å². The summed E-state index contributed by atoms with van der Waals surface area (Å²) in [5.41, 5.74) is 0.915. The van der Waals surface area contributed by atoms with Crippen LogP contribution in [0.15, 0.2) is 24.3 Å². The third-order valence-corrected chi connectivity index (χ3v) is 3.90. The molecule has 0 radical (unpaired) electrons. The lowest BCUT2D eigenvalue weighted by molar-refractivity contribution is 0.00862. The molecule has 1 saturated carbocycles. The highest BCUT2D eigenvalue weighted by molar-refractivity contribution is 5.97. The predicted octanol–water partition coefficient (Wildman–Crippen LogP) is 3.99. The van der Waals surface area contributed by atoms with Crippen LogP contribution in [0.1, 0.15) is 49.9 Å². The molecule has 0 atom stereocenters. The summed E-state index contributed by atoms with van der Waals surface area (Å²) in [4.78, 5) is 11.9. The molecule has 1 aromatic carbocycles. The molecule has 104 valence electrons. The minimum atomic E-state index is -0.327. The highest BCUT2D eigenvalue weighted by atomic mass is 19.1. The molecule has 1 fully saturated rings. The molecule has 2 nitrogen and oxygen atoms in total. The van der Waals surface area contributed by atoms with Crippen LogP contribution in [0, 0.1) is 11.2 Å². The minimum absolute atomic E-state index is 0.0789. The Morgan fingerprint density at radius 3 is 2.42 bits per heavy atom. The molecule has 1 aromatic rings. The Balaban J connectivity index is 1.80. The van der Waals surface area contributed by atoms with Crippen molar-refractivity contribution in [3.05, 3.63) is 35.6 Å². The average Bonchev–Trinajstić information content (AvgIpc) is 2.38. The van der Waals surface area contributed by atoms with Crippen LogP contribution in [0.3, 0.4) is 0 Å². The molecule has 0 aromatic heterocycles. The lowest BCUT2D eigenvalue weighted by atomic mass is 9.76. The van der Waals surface area contributed by atoms with Crippen molar-refractivity contribution in [2.75, 3.05) is 6.61 Å². The summed E-state index contributed by atoms with van der Waals surface area (Å²) in [6, 6.07) is 5.61. The van der Waals surface area contributed by atoms with Gasteiger partial charge < -0.3 is 4.74 Å². The number of carbonyl (C=O) groups is 1. The average molecular weight is 264 g/mol. The molecular formula is C16H21FO2. The summed E-state index contributed by atoms with van der Waals surface area (Å²) in [6.07, 6.45) is 4.51. The summed E-state index contributed by atoms with van der Waals surface area (Å²) in [5, 5.41) is 0. The number of carbonyl (C=O) groups excluding carboxylic acids is 1. The first-order valence-corrected chi connectivity index (χ1v) is 6.87. The Bertz CT molecular complexity index is 427. The van der Waals surface area contributed by atoms with Gasteiger partial charge in [0.15, 0.2) is 5.78 Å². The van der Waals surface area contributed by atoms with Crippen molar-refractivity contribution in [1.82, 2.24) is 0 Å². The van der Waals surface area contributed by atoms with E-state index in [1.165, 1.54) is 24.3 Å². The number of hydrogen-bond donors (Lipinski definition) is 0. The van der Waals surface area contributed by atoms with E-state index in [9.17, 15) is 9.18 Å². The van der Waals surface area contributed by atoms with E-state index < -0.39 is 0 Å². The molecule has 0 amide bonds. The maximum Gasteiger partial charge on any atom is 0.188 e. The Labute approximate surface area is 114 Å². The first kappa shape index (κ1) is 14.2. The quantitative estimate of drug-likeness (QED) is 0.768. The van der Waals surface area contributed by atoms with Crippen LogP contribution in [-0.4, -0.2) is 18.5 Å². The van der Waals surface area contributed by atoms with E-state index in [1.807, 2.05) is 0 Å². The summed E-state index contributed by atoms with van der Waals surface area (Å²) in [6.45, 7) is 4.64. The molecular weight excluding hydrogens is 243 g/mol. The standard InChI is InChI=1S/C16H21FO2/c1-16(2)9-7-14(8-10-16)19-11-15(18)12-3-5-13(17)6-4-12/h3-6,14H,7-11H2,1-2H3. The fraction of sp³-hybridized carbons (Fsp3) is 0.562. The maximum atomic E-state index is 12.8. The minimum Gasteiger partial charge on any atom is -0.370 e. The van der Waals surface area contributed by atoms with E-state index in [0.29, 0.717) is 11.0 Å². The molecule has 3 heteroatoms. The van der Waals surface area contributed by atoms with Crippen LogP contribution in [0.4, 0.5) is 4.39 Å². The van der Waals surface area contributed by atoms with Gasteiger partial charge in [-0.2, -0.15) is 0 Å². The zero-order chi connectivity index (χ0) is 13.9. The highest BCUT2D eigenvalue weighted by Gasteiger charge is 2.27. The van der Waals surface area contributed by atoms with Gasteiger partial charge in [-0.15, -0.1) is 0 Å². The second-order valence-corrected chi connectivity index (χ2v) is 6.10. The molecule has 0 N–H and O–H groups in total. The molecule has 19 heavy (non-hydrogen) atoms. The Kier molecular flexibility index (Phi) is 4.35. The van der Waals surface area contributed by atoms with E-state index in [0.717, 1.165) is 25.7 Å². The molecule has 2 rings (SSSR count). The molecule has 0 heterocycles. The Morgan fingerprint density at radius 2 is 1.84 bits per heavy atom. The highest BCUT2D eigenvalue weighted by Crippen LogP contribution is 2.36. The molecule has 0 saturated heterocycles. The van der Waals surface area contributed by atoms with Crippen molar-refractivity contribution in [2.45, 2.75) is 45.6 Å². The molecule has 0 unspecified atom stereocenters. The molecule has 1 aliphatic carbocycles. The van der Waals surface area contributed by atoms with Gasteiger partial charge in [0.2, 0.25) is 0 Å². The van der Waals surface area contributed by atoms with Gasteiger partial charge in [0.25, 0.3) is 0 Å². The van der Waals surface area contributed by atoms with E-state index in [-0.39, 0.29) is 24.3 Å². The van der Waals surface area contributed by atoms with Gasteiger partial charge in [-0.25, -0.2) is 4.39 Å². The topological polar surface area (TPSA) is 26.3 Å². The van der Waals surface area contributed by atoms with Crippen molar-refractivity contribution in [3.8, 4) is 0 Å². The normalized spacial score (nSPS) is 19.3. The van der Waals surface area contributed by atoms with E-state index in [1.54, 1.807) is 0 Å². The van der Waals surface area contributed by atoms with Crippen molar-refractivity contribution in [2.24, 2.45) is 5.41 Å². The third-order valence-electron chi connectivity index (χ3n) is 3.90. The number of ether oxygens (including phenoxy) is 1. The second kappa shape index (κ2) is 5.83. The maximum absolute atomic E-state index is 12.8. The number of benzene rings is 1. The van der Waals surface area contributed by atoms with Crippen LogP contribution in [0.25, 0.3) is 0 Å². The number of rotatable bonds is 4. The summed E-state index contributed by atoms with van der Waals surface area (Å²) in [7, 11) is 0. The third kappa shape index (κ3) is 4.13. The number of ketones is 1. The van der Waals surface area contributed by atoms with Crippen molar-refractivity contribution in [3.63, 3.8) is 0 Å². The molecule has 0 spiro atoms. The zero-order valence-corrected chi connectivity index (χ0v) is 11.6. The van der Waals surface area contributed by atoms with Gasteiger partial charge in [-0.1, -0.05) is 13.8 Å². The first-order chi connectivity index (χ1) is 8.96. The lowest BCUT2D eigenvalue weighted by Gasteiger charge is -2.34. The van der Waals surface area contributed by atoms with Crippen LogP contribution < -0.4 is 0 Å². The van der Waals surface area contributed by atoms with Gasteiger partial charge in [0, 0.05) is 5.56 Å². The summed E-state index contributed by atoms with van der Waals surface area (Å²) >= 11 is 0. The van der Waals surface area contributed by atoms with Gasteiger partial charge in [0.1, 0.15) is 12.4 Å². The van der Waals surface area contributed by atoms with Gasteiger partial charge in [-0.05, 0) is 55.4 Å². The largest absolute Gasteiger partial charge is 0.370 e. The zero-order valence-electron chi connectivity index (χ0n) is 11.6. The van der Waals surface area contributed by atoms with Gasteiger partial charge in [-0.3, -0.25) is 4.79 Å². The predicted molar refractivity (Wildman–Crippen MR) is 72.7 cm³/mol. The van der Waals surface area contributed by atoms with Crippen LogP contribution >= 0.6 is 0 Å². The van der Waals surface area contributed by atoms with Gasteiger partial charge >= 0.3 is 0 Å². The summed E-state index contributed by atoms with van der Waals surface area (Å²) < 4.78 is 18.4. The van der Waals surface area contributed by atoms with Crippen molar-refractivity contribution < 1.29 is 13.9 Å². The first-order valence-electron chi connectivity index (χ1n) is 6.87. The fourth-order valence-electron chi connectivity index (χ4n) is 2.45. The lowest BCUT2D eigenvalue weighted by Crippen LogP contribution is -2.28. The van der Waals surface area contributed by atoms with Gasteiger partial charge in [0.05, 0.1) is 6.10 Å². The molecule has 1 aliphatic rings. The van der Waals surface area contributed by atoms with E-state index in [2.05, 4.69) is 13.8 Å². The summed E-state index contributed by atoms with van der Waals surface area (Å²) in [5.74, 6) is -0.406. The monoisotopic (exact) mass is 264 g/mol. The van der Waals surface area contributed by atoms with Crippen LogP contribution in [0.5, 0.6) is 0 Å². The van der Waals surface area contributed by atoms with Crippen molar-refractivity contribution >= 4 is 5.78 Å². The number of Topliss-reactive ketones (excluding diaryl/α,β-unsaturated/α-hetero) is 1. The smallest absolute Gasteiger partial charge is 0.188 e. The van der Waals surface area contributed by atoms with E-state index >= 15 is 0 Å². The van der Waals surface area contributed by atoms with E-state index in [4.69, 9.17) is 4.74 Å². The SMILES string of the molecule is CC1(C)CCC(OCC(=O)c2ccc(F)cc2)CC1. The number of halogens is 1.